The number of nitrogens with two attached hydrogens (primary N) is 1. The van der Waals surface area contributed by atoms with E-state index in [0.717, 1.165) is 83.8 Å². The maximum Gasteiger partial charge on any atom is 0.220 e. The number of piperidine rings is 2. The zero-order valence-corrected chi connectivity index (χ0v) is 21.2. The van der Waals surface area contributed by atoms with Crippen LogP contribution in [0.25, 0.3) is 0 Å². The number of nitrogens with zero attached hydrogens (tertiary/aromatic N) is 3. The first-order chi connectivity index (χ1) is 14.2. The van der Waals surface area contributed by atoms with Gasteiger partial charge in [0.25, 0.3) is 0 Å². The van der Waals surface area contributed by atoms with Crippen LogP contribution in [0.3, 0.4) is 0 Å². The zero-order valence-electron chi connectivity index (χ0n) is 18.0. The van der Waals surface area contributed by atoms with Crippen LogP contribution in [0.2, 0.25) is 0 Å². The molecule has 0 aliphatic carbocycles. The van der Waals surface area contributed by atoms with Crippen LogP contribution in [0.5, 0.6) is 0 Å². The Morgan fingerprint density at radius 1 is 1.20 bits per heavy atom. The van der Waals surface area contributed by atoms with E-state index >= 15 is 0 Å². The van der Waals surface area contributed by atoms with Gasteiger partial charge in [-0.3, -0.25) is 9.79 Å². The van der Waals surface area contributed by atoms with Gasteiger partial charge in [0.05, 0.1) is 5.00 Å². The van der Waals surface area contributed by atoms with Crippen molar-refractivity contribution in [3.63, 3.8) is 0 Å². The Bertz CT molecular complexity index is 640. The molecule has 7 nitrogen and oxygen atoms in total. The monoisotopic (exact) mass is 548 g/mol. The topological polar surface area (TPSA) is 86.0 Å². The molecule has 2 aliphatic heterocycles. The number of unbranched alkanes of at least 4 members (excludes halogenated alkanes) is 1. The molecule has 0 bridgehead atoms. The quantitative estimate of drug-likeness (QED) is 0.201. The smallest absolute Gasteiger partial charge is 0.220 e. The van der Waals surface area contributed by atoms with Crippen molar-refractivity contribution < 1.29 is 4.79 Å². The standard InChI is InChI=1S/C21H36N6OS.HI/c1-23-21(25-18-8-14-27(15-9-18)19-5-4-16-29-19)24-10-2-3-11-26-12-6-17(7-13-26)20(22)28;/h4-5,16-18H,2-3,6-15H2,1H3,(H2,22,28)(H2,23,24,25);1H. The predicted molar refractivity (Wildman–Crippen MR) is 137 cm³/mol. The maximum absolute atomic E-state index is 11.2. The van der Waals surface area contributed by atoms with Gasteiger partial charge in [0.15, 0.2) is 5.96 Å². The van der Waals surface area contributed by atoms with E-state index in [1.54, 1.807) is 0 Å². The van der Waals surface area contributed by atoms with Crippen molar-refractivity contribution in [3.05, 3.63) is 17.5 Å². The molecular weight excluding hydrogens is 511 g/mol. The van der Waals surface area contributed by atoms with E-state index in [0.29, 0.717) is 6.04 Å². The lowest BCUT2D eigenvalue weighted by atomic mass is 9.96. The van der Waals surface area contributed by atoms with Crippen LogP contribution in [0.4, 0.5) is 5.00 Å². The summed E-state index contributed by atoms with van der Waals surface area (Å²) in [7, 11) is 1.85. The fraction of sp³-hybridized carbons (Fsp3) is 0.714. The zero-order chi connectivity index (χ0) is 20.5. The van der Waals surface area contributed by atoms with Gasteiger partial charge < -0.3 is 26.2 Å². The van der Waals surface area contributed by atoms with Crippen LogP contribution in [-0.2, 0) is 4.79 Å². The molecule has 1 aromatic heterocycles. The number of rotatable bonds is 8. The number of hydrogen-bond acceptors (Lipinski definition) is 5. The number of carbonyl (C=O) groups excluding carboxylic acids is 1. The maximum atomic E-state index is 11.2. The van der Waals surface area contributed by atoms with Crippen LogP contribution in [-0.4, -0.2) is 69.1 Å². The van der Waals surface area contributed by atoms with Crippen LogP contribution in [0, 0.1) is 5.92 Å². The number of nitrogens with one attached hydrogen (secondary N) is 2. The lowest BCUT2D eigenvalue weighted by Crippen LogP contribution is -2.48. The van der Waals surface area contributed by atoms with Crippen molar-refractivity contribution in [3.8, 4) is 0 Å². The summed E-state index contributed by atoms with van der Waals surface area (Å²) >= 11 is 1.82. The minimum atomic E-state index is -0.134. The van der Waals surface area contributed by atoms with Crippen molar-refractivity contribution in [2.24, 2.45) is 16.6 Å². The van der Waals surface area contributed by atoms with Gasteiger partial charge in [-0.05, 0) is 75.7 Å². The molecule has 0 saturated carbocycles. The third-order valence-corrected chi connectivity index (χ3v) is 6.99. The summed E-state index contributed by atoms with van der Waals surface area (Å²) < 4.78 is 0. The number of carbonyl (C=O) groups is 1. The van der Waals surface area contributed by atoms with E-state index in [1.165, 1.54) is 5.00 Å². The molecule has 1 amide bonds. The van der Waals surface area contributed by atoms with Crippen molar-refractivity contribution in [1.82, 2.24) is 15.5 Å². The second-order valence-corrected chi connectivity index (χ2v) is 9.01. The van der Waals surface area contributed by atoms with Crippen molar-refractivity contribution in [2.45, 2.75) is 44.6 Å². The van der Waals surface area contributed by atoms with Crippen LogP contribution < -0.4 is 21.3 Å². The summed E-state index contributed by atoms with van der Waals surface area (Å²) in [6, 6.07) is 4.82. The Morgan fingerprint density at radius 3 is 2.53 bits per heavy atom. The summed E-state index contributed by atoms with van der Waals surface area (Å²) in [5.74, 6) is 0.867. The van der Waals surface area contributed by atoms with E-state index in [2.05, 4.69) is 42.9 Å². The number of likely N-dealkylation sites (tertiary alicyclic amines) is 1. The lowest BCUT2D eigenvalue weighted by Gasteiger charge is -2.33. The van der Waals surface area contributed by atoms with Crippen molar-refractivity contribution in [2.75, 3.05) is 51.2 Å². The first-order valence-electron chi connectivity index (χ1n) is 10.9. The second kappa shape index (κ2) is 13.4. The van der Waals surface area contributed by atoms with Gasteiger partial charge in [0.2, 0.25) is 5.91 Å². The molecule has 0 radical (unpaired) electrons. The summed E-state index contributed by atoms with van der Waals surface area (Å²) in [6.07, 6.45) is 6.38. The minimum Gasteiger partial charge on any atom is -0.369 e. The summed E-state index contributed by atoms with van der Waals surface area (Å²) in [6.45, 7) is 6.22. The third-order valence-electron chi connectivity index (χ3n) is 6.06. The summed E-state index contributed by atoms with van der Waals surface area (Å²) in [5, 5.41) is 10.6. The van der Waals surface area contributed by atoms with Gasteiger partial charge in [-0.25, -0.2) is 0 Å². The molecule has 1 aromatic rings. The number of anilines is 1. The van der Waals surface area contributed by atoms with Gasteiger partial charge in [-0.1, -0.05) is 0 Å². The molecule has 170 valence electrons. The van der Waals surface area contributed by atoms with Crippen molar-refractivity contribution in [1.29, 1.82) is 0 Å². The number of guanidine groups is 1. The Hall–Kier alpha value is -1.07. The average molecular weight is 549 g/mol. The molecule has 0 atom stereocenters. The minimum absolute atomic E-state index is 0. The van der Waals surface area contributed by atoms with E-state index in [1.807, 2.05) is 18.4 Å². The molecule has 2 fully saturated rings. The molecule has 3 rings (SSSR count). The predicted octanol–water partition coefficient (Wildman–Crippen LogP) is 2.48. The van der Waals surface area contributed by atoms with Gasteiger partial charge in [0, 0.05) is 38.6 Å². The number of halogens is 1. The molecule has 0 unspecified atom stereocenters. The van der Waals surface area contributed by atoms with Crippen LogP contribution >= 0.6 is 35.3 Å². The molecule has 0 spiro atoms. The number of primary amides is 1. The Morgan fingerprint density at radius 2 is 1.93 bits per heavy atom. The van der Waals surface area contributed by atoms with Gasteiger partial charge >= 0.3 is 0 Å². The molecule has 3 heterocycles. The van der Waals surface area contributed by atoms with Gasteiger partial charge in [-0.2, -0.15) is 0 Å². The molecule has 4 N–H and O–H groups in total. The number of hydrogen-bond donors (Lipinski definition) is 3. The fourth-order valence-corrected chi connectivity index (χ4v) is 4.98. The van der Waals surface area contributed by atoms with Gasteiger partial charge in [-0.15, -0.1) is 35.3 Å². The highest BCUT2D eigenvalue weighted by Gasteiger charge is 2.23. The van der Waals surface area contributed by atoms with E-state index < -0.39 is 0 Å². The van der Waals surface area contributed by atoms with E-state index in [9.17, 15) is 4.79 Å². The number of aliphatic imine (C=N–C) groups is 1. The highest BCUT2D eigenvalue weighted by atomic mass is 127. The molecule has 9 heteroatoms. The highest BCUT2D eigenvalue weighted by Crippen LogP contribution is 2.24. The summed E-state index contributed by atoms with van der Waals surface area (Å²) in [5.41, 5.74) is 5.40. The Labute approximate surface area is 201 Å². The van der Waals surface area contributed by atoms with Crippen molar-refractivity contribution >= 4 is 52.2 Å². The van der Waals surface area contributed by atoms with Crippen LogP contribution in [0.15, 0.2) is 22.5 Å². The molecule has 2 saturated heterocycles. The number of thiophene rings is 1. The second-order valence-electron chi connectivity index (χ2n) is 8.08. The SMILES string of the molecule is CN=C(NCCCCN1CCC(C(N)=O)CC1)NC1CCN(c2cccs2)CC1.I. The fourth-order valence-electron chi connectivity index (χ4n) is 4.19. The third kappa shape index (κ3) is 7.88. The Balaban J connectivity index is 0.00000320. The molecule has 2 aliphatic rings. The first-order valence-corrected chi connectivity index (χ1v) is 11.8. The molecular formula is C21H37IN6OS. The first kappa shape index (κ1) is 25.2. The largest absolute Gasteiger partial charge is 0.369 e. The Kier molecular flexibility index (Phi) is 11.2. The highest BCUT2D eigenvalue weighted by molar-refractivity contribution is 14.0. The van der Waals surface area contributed by atoms with Crippen LogP contribution in [0.1, 0.15) is 38.5 Å². The molecule has 0 aromatic carbocycles. The summed E-state index contributed by atoms with van der Waals surface area (Å²) in [4.78, 5) is 20.6. The number of amides is 1. The lowest BCUT2D eigenvalue weighted by molar-refractivity contribution is -0.123. The molecule has 30 heavy (non-hydrogen) atoms. The van der Waals surface area contributed by atoms with Gasteiger partial charge in [0.1, 0.15) is 0 Å². The average Bonchev–Trinajstić information content (AvgIpc) is 3.28. The van der Waals surface area contributed by atoms with E-state index in [4.69, 9.17) is 5.73 Å². The van der Waals surface area contributed by atoms with E-state index in [-0.39, 0.29) is 35.8 Å². The normalized spacial score (nSPS) is 19.4.